The van der Waals surface area contributed by atoms with E-state index in [1.54, 1.807) is 37.4 Å². The lowest BCUT2D eigenvalue weighted by molar-refractivity contribution is -0.0757. The molecule has 20 heavy (non-hydrogen) atoms. The summed E-state index contributed by atoms with van der Waals surface area (Å²) in [4.78, 5) is 16.7. The number of amides is 1. The maximum atomic E-state index is 11.8. The van der Waals surface area contributed by atoms with E-state index >= 15 is 0 Å². The lowest BCUT2D eigenvalue weighted by Crippen LogP contribution is -2.25. The predicted octanol–water partition coefficient (Wildman–Crippen LogP) is 2.55. The second-order valence-corrected chi connectivity index (χ2v) is 4.10. The summed E-state index contributed by atoms with van der Waals surface area (Å²) in [6.07, 6.45) is 6.06. The summed E-state index contributed by atoms with van der Waals surface area (Å²) >= 11 is 0. The average molecular weight is 269 g/mol. The Bertz CT molecular complexity index is 603. The lowest BCUT2D eigenvalue weighted by Gasteiger charge is -2.14. The molecule has 1 aromatic rings. The highest BCUT2D eigenvalue weighted by Gasteiger charge is 2.11. The van der Waals surface area contributed by atoms with E-state index in [-0.39, 0.29) is 5.91 Å². The van der Waals surface area contributed by atoms with Gasteiger partial charge in [0, 0.05) is 12.6 Å². The number of nitrogens with zero attached hydrogens (tertiary/aromatic N) is 1. The van der Waals surface area contributed by atoms with Crippen LogP contribution in [0.4, 0.5) is 0 Å². The second kappa shape index (κ2) is 6.60. The smallest absolute Gasteiger partial charge is 0.277 e. The van der Waals surface area contributed by atoms with Crippen LogP contribution in [-0.4, -0.2) is 25.1 Å². The third-order valence-electron chi connectivity index (χ3n) is 2.74. The van der Waals surface area contributed by atoms with Gasteiger partial charge in [0.25, 0.3) is 5.91 Å². The van der Waals surface area contributed by atoms with Crippen LogP contribution in [-0.2, 0) is 4.84 Å². The highest BCUT2D eigenvalue weighted by Crippen LogP contribution is 2.18. The van der Waals surface area contributed by atoms with Crippen molar-refractivity contribution < 1.29 is 14.4 Å². The molecule has 0 fully saturated rings. The Morgan fingerprint density at radius 1 is 1.30 bits per heavy atom. The van der Waals surface area contributed by atoms with Crippen LogP contribution in [0.3, 0.4) is 0 Å². The third-order valence-corrected chi connectivity index (χ3v) is 2.74. The zero-order valence-electron chi connectivity index (χ0n) is 11.4. The van der Waals surface area contributed by atoms with E-state index in [9.17, 15) is 4.79 Å². The van der Waals surface area contributed by atoms with E-state index in [1.165, 1.54) is 12.2 Å². The minimum Gasteiger partial charge on any atom is -0.461 e. The first-order valence-electron chi connectivity index (χ1n) is 6.15. The van der Waals surface area contributed by atoms with Crippen LogP contribution in [0.15, 0.2) is 48.3 Å². The van der Waals surface area contributed by atoms with Gasteiger partial charge in [-0.15, -0.1) is 0 Å². The molecule has 4 nitrogen and oxygen atoms in total. The molecule has 0 saturated heterocycles. The Labute approximate surface area is 118 Å². The first kappa shape index (κ1) is 13.9. The summed E-state index contributed by atoms with van der Waals surface area (Å²) in [5.41, 5.74) is 0.538. The summed E-state index contributed by atoms with van der Waals surface area (Å²) in [5.74, 6) is 7.08. The molecule has 0 aliphatic heterocycles. The zero-order chi connectivity index (χ0) is 14.4. The van der Waals surface area contributed by atoms with Gasteiger partial charge in [-0.2, -0.15) is 0 Å². The molecule has 1 amide bonds. The van der Waals surface area contributed by atoms with Crippen LogP contribution >= 0.6 is 0 Å². The number of rotatable bonds is 4. The molecule has 1 aliphatic rings. The Morgan fingerprint density at radius 3 is 2.75 bits per heavy atom. The molecule has 0 radical (unpaired) electrons. The normalized spacial score (nSPS) is 12.8. The lowest BCUT2D eigenvalue weighted by atomic mass is 10.2. The Morgan fingerprint density at radius 2 is 2.05 bits per heavy atom. The Balaban J connectivity index is 2.06. The Kier molecular flexibility index (Phi) is 4.59. The zero-order valence-corrected chi connectivity index (χ0v) is 11.4. The molecule has 0 heterocycles. The van der Waals surface area contributed by atoms with E-state index in [1.807, 2.05) is 12.2 Å². The van der Waals surface area contributed by atoms with Gasteiger partial charge in [-0.3, -0.25) is 9.63 Å². The molecule has 0 atom stereocenters. The van der Waals surface area contributed by atoms with Crippen molar-refractivity contribution in [1.29, 1.82) is 0 Å². The molecule has 0 unspecified atom stereocenters. The molecule has 4 heteroatoms. The van der Waals surface area contributed by atoms with Gasteiger partial charge in [-0.1, -0.05) is 17.9 Å². The molecule has 0 saturated carbocycles. The highest BCUT2D eigenvalue weighted by molar-refractivity contribution is 5.93. The number of ether oxygens (including phenoxy) is 1. The van der Waals surface area contributed by atoms with Crippen LogP contribution < -0.4 is 4.74 Å². The van der Waals surface area contributed by atoms with Crippen molar-refractivity contribution in [2.75, 3.05) is 14.2 Å². The van der Waals surface area contributed by atoms with Crippen molar-refractivity contribution in [3.05, 3.63) is 53.8 Å². The number of carbonyl (C=O) groups is 1. The standard InChI is InChI=1S/C16H15NO3/c1-17(19-2)16(18)13-9-11-15(12-10-13)20-14-7-5-3-4-6-8-14/h3,5,7,9-12H,8H2,1-2H3. The molecule has 1 aromatic carbocycles. The molecule has 1 aliphatic carbocycles. The molecule has 2 rings (SSSR count). The van der Waals surface area contributed by atoms with E-state index in [2.05, 4.69) is 11.8 Å². The highest BCUT2D eigenvalue weighted by atomic mass is 16.7. The summed E-state index contributed by atoms with van der Waals surface area (Å²) in [5, 5.41) is 1.17. The van der Waals surface area contributed by atoms with Gasteiger partial charge in [-0.25, -0.2) is 5.06 Å². The number of carbonyl (C=O) groups excluding carboxylic acids is 1. The fourth-order valence-corrected chi connectivity index (χ4v) is 1.61. The van der Waals surface area contributed by atoms with Crippen molar-refractivity contribution in [2.24, 2.45) is 0 Å². The molecule has 0 aromatic heterocycles. The minimum absolute atomic E-state index is 0.207. The number of hydrogen-bond donors (Lipinski definition) is 0. The van der Waals surface area contributed by atoms with E-state index in [0.29, 0.717) is 17.7 Å². The van der Waals surface area contributed by atoms with Gasteiger partial charge in [0.05, 0.1) is 13.5 Å². The fourth-order valence-electron chi connectivity index (χ4n) is 1.61. The van der Waals surface area contributed by atoms with E-state index in [0.717, 1.165) is 5.76 Å². The second-order valence-electron chi connectivity index (χ2n) is 4.10. The van der Waals surface area contributed by atoms with Crippen LogP contribution in [0.2, 0.25) is 0 Å². The van der Waals surface area contributed by atoms with Gasteiger partial charge >= 0.3 is 0 Å². The van der Waals surface area contributed by atoms with Crippen LogP contribution in [0.5, 0.6) is 5.75 Å². The maximum Gasteiger partial charge on any atom is 0.277 e. The quantitative estimate of drug-likeness (QED) is 0.623. The Hall–Kier alpha value is -2.51. The SMILES string of the molecule is CON(C)C(=O)c1ccc(OC2=CC=CC#CC2)cc1. The topological polar surface area (TPSA) is 38.8 Å². The maximum absolute atomic E-state index is 11.8. The molecular formula is C16H15NO3. The monoisotopic (exact) mass is 269 g/mol. The number of hydroxylamine groups is 2. The molecule has 0 N–H and O–H groups in total. The summed E-state index contributed by atoms with van der Waals surface area (Å²) in [6.45, 7) is 0. The van der Waals surface area contributed by atoms with E-state index in [4.69, 9.17) is 9.57 Å². The number of allylic oxidation sites excluding steroid dienone is 4. The van der Waals surface area contributed by atoms with Gasteiger partial charge in [0.2, 0.25) is 0 Å². The average Bonchev–Trinajstić information content (AvgIpc) is 2.75. The first-order valence-corrected chi connectivity index (χ1v) is 6.15. The van der Waals surface area contributed by atoms with Gasteiger partial charge < -0.3 is 4.74 Å². The largest absolute Gasteiger partial charge is 0.461 e. The van der Waals surface area contributed by atoms with Gasteiger partial charge in [0.1, 0.15) is 11.5 Å². The van der Waals surface area contributed by atoms with Crippen molar-refractivity contribution in [3.8, 4) is 17.6 Å². The first-order chi connectivity index (χ1) is 9.70. The van der Waals surface area contributed by atoms with Crippen molar-refractivity contribution >= 4 is 5.91 Å². The summed E-state index contributed by atoms with van der Waals surface area (Å²) < 4.78 is 5.71. The van der Waals surface area contributed by atoms with Gasteiger partial charge in [-0.05, 0) is 36.4 Å². The summed E-state index contributed by atoms with van der Waals surface area (Å²) in [7, 11) is 3.01. The van der Waals surface area contributed by atoms with E-state index < -0.39 is 0 Å². The van der Waals surface area contributed by atoms with Crippen LogP contribution in [0, 0.1) is 11.8 Å². The van der Waals surface area contributed by atoms with Crippen molar-refractivity contribution in [1.82, 2.24) is 5.06 Å². The summed E-state index contributed by atoms with van der Waals surface area (Å²) in [6, 6.07) is 6.90. The van der Waals surface area contributed by atoms with Crippen LogP contribution in [0.25, 0.3) is 0 Å². The molecule has 0 spiro atoms. The van der Waals surface area contributed by atoms with Crippen LogP contribution in [0.1, 0.15) is 16.8 Å². The fraction of sp³-hybridized carbons (Fsp3) is 0.188. The van der Waals surface area contributed by atoms with Crippen molar-refractivity contribution in [2.45, 2.75) is 6.42 Å². The van der Waals surface area contributed by atoms with Gasteiger partial charge in [0.15, 0.2) is 0 Å². The number of hydrogen-bond acceptors (Lipinski definition) is 3. The molecule has 0 bridgehead atoms. The predicted molar refractivity (Wildman–Crippen MR) is 75.8 cm³/mol. The molecular weight excluding hydrogens is 254 g/mol. The van der Waals surface area contributed by atoms with Crippen molar-refractivity contribution in [3.63, 3.8) is 0 Å². The third kappa shape index (κ3) is 3.50. The molecule has 102 valence electrons. The minimum atomic E-state index is -0.207. The number of benzene rings is 1.